The van der Waals surface area contributed by atoms with Crippen LogP contribution in [0, 0.1) is 0 Å². The number of nitrogens with zero attached hydrogens (tertiary/aromatic N) is 2. The van der Waals surface area contributed by atoms with Crippen molar-refractivity contribution < 1.29 is 13.2 Å². The third-order valence-corrected chi connectivity index (χ3v) is 2.82. The van der Waals surface area contributed by atoms with Gasteiger partial charge >= 0.3 is 6.18 Å². The fourth-order valence-corrected chi connectivity index (χ4v) is 1.87. The van der Waals surface area contributed by atoms with Crippen molar-refractivity contribution in [1.82, 2.24) is 9.55 Å². The number of hydrogen-bond donors (Lipinski definition) is 0. The minimum atomic E-state index is -4.32. The van der Waals surface area contributed by atoms with E-state index in [0.29, 0.717) is 12.1 Å². The van der Waals surface area contributed by atoms with E-state index in [1.54, 1.807) is 23.2 Å². The molecule has 0 fully saturated rings. The van der Waals surface area contributed by atoms with Crippen LogP contribution in [0.15, 0.2) is 36.8 Å². The van der Waals surface area contributed by atoms with E-state index in [-0.39, 0.29) is 5.88 Å². The number of benzene rings is 1. The zero-order valence-corrected chi connectivity index (χ0v) is 10.0. The van der Waals surface area contributed by atoms with Crippen molar-refractivity contribution in [3.8, 4) is 0 Å². The largest absolute Gasteiger partial charge is 0.416 e. The highest BCUT2D eigenvalue weighted by Crippen LogP contribution is 2.29. The van der Waals surface area contributed by atoms with E-state index in [2.05, 4.69) is 4.98 Å². The Labute approximate surface area is 107 Å². The van der Waals surface area contributed by atoms with E-state index in [1.165, 1.54) is 6.07 Å². The molecular weight excluding hydrogens is 265 g/mol. The number of aromatic nitrogens is 2. The quantitative estimate of drug-likeness (QED) is 0.781. The normalized spacial score (nSPS) is 11.8. The van der Waals surface area contributed by atoms with E-state index in [9.17, 15) is 13.2 Å². The lowest BCUT2D eigenvalue weighted by molar-refractivity contribution is -0.137. The van der Waals surface area contributed by atoms with Gasteiger partial charge in [0.05, 0.1) is 23.5 Å². The van der Waals surface area contributed by atoms with Gasteiger partial charge in [-0.05, 0) is 17.7 Å². The van der Waals surface area contributed by atoms with E-state index in [1.807, 2.05) is 0 Å². The lowest BCUT2D eigenvalue weighted by Gasteiger charge is -2.10. The lowest BCUT2D eigenvalue weighted by Crippen LogP contribution is -2.07. The molecule has 96 valence electrons. The Balaban J connectivity index is 2.25. The molecule has 2 rings (SSSR count). The van der Waals surface area contributed by atoms with Gasteiger partial charge in [-0.2, -0.15) is 13.2 Å². The van der Waals surface area contributed by atoms with Crippen molar-refractivity contribution in [2.75, 3.05) is 0 Å². The maximum atomic E-state index is 12.6. The van der Waals surface area contributed by atoms with Crippen LogP contribution in [0.3, 0.4) is 0 Å². The summed E-state index contributed by atoms with van der Waals surface area (Å²) < 4.78 is 39.4. The molecule has 6 heteroatoms. The minimum Gasteiger partial charge on any atom is -0.329 e. The average Bonchev–Trinajstić information content (AvgIpc) is 2.75. The zero-order valence-electron chi connectivity index (χ0n) is 9.28. The summed E-state index contributed by atoms with van der Waals surface area (Å²) in [6.45, 7) is 0.325. The van der Waals surface area contributed by atoms with Gasteiger partial charge in [-0.3, -0.25) is 0 Å². The molecule has 0 N–H and O–H groups in total. The molecule has 0 saturated heterocycles. The van der Waals surface area contributed by atoms with Gasteiger partial charge in [0.2, 0.25) is 0 Å². The molecule has 1 aromatic carbocycles. The fourth-order valence-electron chi connectivity index (χ4n) is 1.64. The van der Waals surface area contributed by atoms with Crippen LogP contribution in [0.1, 0.15) is 16.8 Å². The van der Waals surface area contributed by atoms with Crippen LogP contribution in [-0.2, 0) is 18.6 Å². The van der Waals surface area contributed by atoms with Gasteiger partial charge in [0, 0.05) is 12.7 Å². The second-order valence-corrected chi connectivity index (χ2v) is 4.11. The summed E-state index contributed by atoms with van der Waals surface area (Å²) in [5, 5.41) is 0. The van der Waals surface area contributed by atoms with Crippen LogP contribution in [0.5, 0.6) is 0 Å². The smallest absolute Gasteiger partial charge is 0.329 e. The Morgan fingerprint density at radius 2 is 2.06 bits per heavy atom. The summed E-state index contributed by atoms with van der Waals surface area (Å²) in [5.41, 5.74) is 0.691. The first-order valence-electron chi connectivity index (χ1n) is 5.22. The minimum absolute atomic E-state index is 0.277. The van der Waals surface area contributed by atoms with Gasteiger partial charge in [0.15, 0.2) is 0 Å². The molecule has 0 atom stereocenters. The molecule has 0 unspecified atom stereocenters. The Morgan fingerprint density at radius 3 is 2.72 bits per heavy atom. The molecule has 0 radical (unpaired) electrons. The van der Waals surface area contributed by atoms with Gasteiger partial charge in [0.1, 0.15) is 0 Å². The van der Waals surface area contributed by atoms with E-state index in [4.69, 9.17) is 11.6 Å². The van der Waals surface area contributed by atoms with Gasteiger partial charge < -0.3 is 4.57 Å². The molecule has 0 bridgehead atoms. The number of rotatable bonds is 3. The summed E-state index contributed by atoms with van der Waals surface area (Å²) >= 11 is 5.70. The SMILES string of the molecule is FC(F)(F)c1cccc(Cn2cncc2CCl)c1. The second-order valence-electron chi connectivity index (χ2n) is 3.84. The number of alkyl halides is 4. The van der Waals surface area contributed by atoms with Crippen molar-refractivity contribution in [3.63, 3.8) is 0 Å². The molecule has 1 heterocycles. The van der Waals surface area contributed by atoms with Crippen molar-refractivity contribution in [2.24, 2.45) is 0 Å². The van der Waals surface area contributed by atoms with Gasteiger partial charge in [-0.25, -0.2) is 4.98 Å². The molecule has 0 saturated carbocycles. The van der Waals surface area contributed by atoms with Crippen molar-refractivity contribution in [2.45, 2.75) is 18.6 Å². The standard InChI is InChI=1S/C12H10ClF3N2/c13-5-11-6-17-8-18(11)7-9-2-1-3-10(4-9)12(14,15)16/h1-4,6,8H,5,7H2. The summed E-state index contributed by atoms with van der Waals surface area (Å²) in [6.07, 6.45) is -1.17. The van der Waals surface area contributed by atoms with E-state index >= 15 is 0 Å². The third-order valence-electron chi connectivity index (χ3n) is 2.54. The molecule has 0 spiro atoms. The van der Waals surface area contributed by atoms with Crippen LogP contribution in [0.2, 0.25) is 0 Å². The maximum Gasteiger partial charge on any atom is 0.416 e. The van der Waals surface area contributed by atoms with E-state index in [0.717, 1.165) is 17.8 Å². The van der Waals surface area contributed by atoms with Crippen LogP contribution in [0.25, 0.3) is 0 Å². The molecule has 2 nitrogen and oxygen atoms in total. The number of halogens is 4. The van der Waals surface area contributed by atoms with Crippen LogP contribution < -0.4 is 0 Å². The lowest BCUT2D eigenvalue weighted by atomic mass is 10.1. The highest BCUT2D eigenvalue weighted by molar-refractivity contribution is 6.16. The summed E-state index contributed by atoms with van der Waals surface area (Å²) in [5.74, 6) is 0.277. The summed E-state index contributed by atoms with van der Waals surface area (Å²) in [4.78, 5) is 3.92. The third kappa shape index (κ3) is 2.85. The Kier molecular flexibility index (Phi) is 3.61. The molecule has 0 aliphatic carbocycles. The maximum absolute atomic E-state index is 12.6. The Morgan fingerprint density at radius 1 is 1.28 bits per heavy atom. The average molecular weight is 275 g/mol. The highest BCUT2D eigenvalue weighted by atomic mass is 35.5. The Hall–Kier alpha value is -1.49. The second kappa shape index (κ2) is 5.02. The molecule has 1 aromatic heterocycles. The van der Waals surface area contributed by atoms with Crippen LogP contribution in [-0.4, -0.2) is 9.55 Å². The van der Waals surface area contributed by atoms with Crippen molar-refractivity contribution in [3.05, 3.63) is 53.6 Å². The van der Waals surface area contributed by atoms with Crippen LogP contribution in [0.4, 0.5) is 13.2 Å². The van der Waals surface area contributed by atoms with E-state index < -0.39 is 11.7 Å². The zero-order chi connectivity index (χ0) is 13.2. The van der Waals surface area contributed by atoms with Crippen molar-refractivity contribution >= 4 is 11.6 Å². The summed E-state index contributed by atoms with van der Waals surface area (Å²) in [7, 11) is 0. The molecular formula is C12H10ClF3N2. The van der Waals surface area contributed by atoms with Crippen LogP contribution >= 0.6 is 11.6 Å². The molecule has 0 aliphatic heterocycles. The molecule has 18 heavy (non-hydrogen) atoms. The first-order valence-corrected chi connectivity index (χ1v) is 5.75. The number of hydrogen-bond acceptors (Lipinski definition) is 1. The predicted molar refractivity (Wildman–Crippen MR) is 62.3 cm³/mol. The molecule has 2 aromatic rings. The fraction of sp³-hybridized carbons (Fsp3) is 0.250. The van der Waals surface area contributed by atoms with Gasteiger partial charge in [0.25, 0.3) is 0 Å². The Bertz CT molecular complexity index is 534. The van der Waals surface area contributed by atoms with Crippen molar-refractivity contribution in [1.29, 1.82) is 0 Å². The van der Waals surface area contributed by atoms with Gasteiger partial charge in [-0.15, -0.1) is 11.6 Å². The first-order chi connectivity index (χ1) is 8.50. The first kappa shape index (κ1) is 13.0. The molecule has 0 aliphatic rings. The predicted octanol–water partition coefficient (Wildman–Crippen LogP) is 3.69. The topological polar surface area (TPSA) is 17.8 Å². The monoisotopic (exact) mass is 274 g/mol. The van der Waals surface area contributed by atoms with Gasteiger partial charge in [-0.1, -0.05) is 12.1 Å². The molecule has 0 amide bonds. The number of imidazole rings is 1. The summed E-state index contributed by atoms with van der Waals surface area (Å²) in [6, 6.07) is 5.24. The highest BCUT2D eigenvalue weighted by Gasteiger charge is 2.30.